The Hall–Kier alpha value is -1.31. The Balaban J connectivity index is 2.45. The van der Waals surface area contributed by atoms with Gasteiger partial charge in [0, 0.05) is 13.6 Å². The van der Waals surface area contributed by atoms with Crippen molar-refractivity contribution >= 4 is 5.91 Å². The summed E-state index contributed by atoms with van der Waals surface area (Å²) in [6, 6.07) is 8.24. The summed E-state index contributed by atoms with van der Waals surface area (Å²) in [7, 11) is 1.88. The van der Waals surface area contributed by atoms with Crippen LogP contribution in [0.1, 0.15) is 24.0 Å². The van der Waals surface area contributed by atoms with Gasteiger partial charge in [0.2, 0.25) is 5.91 Å². The van der Waals surface area contributed by atoms with Gasteiger partial charge < -0.3 is 4.90 Å². The monoisotopic (exact) mass is 189 g/mol. The van der Waals surface area contributed by atoms with Gasteiger partial charge >= 0.3 is 0 Å². The lowest BCUT2D eigenvalue weighted by Gasteiger charge is -2.17. The quantitative estimate of drug-likeness (QED) is 0.609. The molecule has 1 aliphatic rings. The first kappa shape index (κ1) is 9.25. The summed E-state index contributed by atoms with van der Waals surface area (Å²) in [4.78, 5) is 13.7. The predicted octanol–water partition coefficient (Wildman–Crippen LogP) is 1.80. The van der Waals surface area contributed by atoms with E-state index in [0.717, 1.165) is 13.0 Å². The van der Waals surface area contributed by atoms with Crippen molar-refractivity contribution in [1.82, 2.24) is 4.90 Å². The van der Waals surface area contributed by atoms with Crippen LogP contribution in [-0.2, 0) is 11.2 Å². The van der Waals surface area contributed by atoms with Crippen molar-refractivity contribution < 1.29 is 4.79 Å². The normalized spacial score (nSPS) is 21.7. The second kappa shape index (κ2) is 3.45. The number of likely N-dealkylation sites (N-methyl/N-ethyl adjacent to an activating group) is 1. The molecule has 0 radical (unpaired) electrons. The fourth-order valence-electron chi connectivity index (χ4n) is 2.05. The van der Waals surface area contributed by atoms with Gasteiger partial charge in [-0.05, 0) is 24.5 Å². The van der Waals surface area contributed by atoms with Crippen LogP contribution in [0.2, 0.25) is 0 Å². The minimum absolute atomic E-state index is 0.0127. The molecular weight excluding hydrogens is 174 g/mol. The van der Waals surface area contributed by atoms with E-state index in [1.165, 1.54) is 11.1 Å². The van der Waals surface area contributed by atoms with Gasteiger partial charge in [-0.1, -0.05) is 24.3 Å². The molecule has 2 heteroatoms. The first-order valence-electron chi connectivity index (χ1n) is 5.03. The molecular formula is C12H15NO. The van der Waals surface area contributed by atoms with E-state index in [4.69, 9.17) is 0 Å². The molecule has 1 amide bonds. The smallest absolute Gasteiger partial charge is 0.229 e. The highest BCUT2D eigenvalue weighted by Crippen LogP contribution is 2.25. The van der Waals surface area contributed by atoms with Gasteiger partial charge in [-0.15, -0.1) is 0 Å². The van der Waals surface area contributed by atoms with Crippen molar-refractivity contribution in [1.29, 1.82) is 0 Å². The van der Waals surface area contributed by atoms with Crippen LogP contribution in [-0.4, -0.2) is 24.4 Å². The van der Waals surface area contributed by atoms with E-state index in [0.29, 0.717) is 0 Å². The molecule has 74 valence electrons. The molecule has 1 aliphatic heterocycles. The van der Waals surface area contributed by atoms with Crippen LogP contribution in [0.5, 0.6) is 0 Å². The number of benzene rings is 1. The fraction of sp³-hybridized carbons (Fsp3) is 0.417. The zero-order valence-corrected chi connectivity index (χ0v) is 8.66. The molecule has 1 aromatic carbocycles. The number of carbonyl (C=O) groups excluding carboxylic acids is 1. The molecule has 1 atom stereocenters. The van der Waals surface area contributed by atoms with Gasteiger partial charge in [0.05, 0.1) is 5.92 Å². The number of fused-ring (bicyclic) bond motifs is 1. The van der Waals surface area contributed by atoms with Gasteiger partial charge in [-0.3, -0.25) is 4.79 Å². The molecule has 1 aromatic rings. The number of hydrogen-bond donors (Lipinski definition) is 0. The zero-order chi connectivity index (χ0) is 10.1. The van der Waals surface area contributed by atoms with Gasteiger partial charge in [-0.2, -0.15) is 0 Å². The minimum Gasteiger partial charge on any atom is -0.345 e. The summed E-state index contributed by atoms with van der Waals surface area (Å²) >= 11 is 0. The van der Waals surface area contributed by atoms with Crippen LogP contribution in [0.25, 0.3) is 0 Å². The summed E-state index contributed by atoms with van der Waals surface area (Å²) in [6.45, 7) is 2.82. The van der Waals surface area contributed by atoms with Crippen LogP contribution < -0.4 is 0 Å². The van der Waals surface area contributed by atoms with Crippen LogP contribution in [0.4, 0.5) is 0 Å². The third-order valence-electron chi connectivity index (χ3n) is 2.98. The second-order valence-corrected chi connectivity index (χ2v) is 3.93. The summed E-state index contributed by atoms with van der Waals surface area (Å²) in [6.07, 6.45) is 0.975. The maximum atomic E-state index is 11.8. The van der Waals surface area contributed by atoms with Gasteiger partial charge in [-0.25, -0.2) is 0 Å². The highest BCUT2D eigenvalue weighted by molar-refractivity contribution is 5.84. The molecule has 0 bridgehead atoms. The van der Waals surface area contributed by atoms with Crippen molar-refractivity contribution in [3.8, 4) is 0 Å². The standard InChI is InChI=1S/C12H15NO/c1-9-11-6-4-3-5-10(11)7-8-13(2)12(9)14/h3-6,9H,7-8H2,1-2H3. The summed E-state index contributed by atoms with van der Waals surface area (Å²) in [5, 5.41) is 0. The van der Waals surface area contributed by atoms with Crippen LogP contribution >= 0.6 is 0 Å². The van der Waals surface area contributed by atoms with Crippen molar-refractivity contribution in [3.63, 3.8) is 0 Å². The van der Waals surface area contributed by atoms with E-state index in [2.05, 4.69) is 12.1 Å². The van der Waals surface area contributed by atoms with Gasteiger partial charge in [0.1, 0.15) is 0 Å². The van der Waals surface area contributed by atoms with E-state index < -0.39 is 0 Å². The topological polar surface area (TPSA) is 20.3 Å². The van der Waals surface area contributed by atoms with E-state index in [-0.39, 0.29) is 11.8 Å². The number of rotatable bonds is 0. The molecule has 2 nitrogen and oxygen atoms in total. The zero-order valence-electron chi connectivity index (χ0n) is 8.66. The maximum absolute atomic E-state index is 11.8. The average molecular weight is 189 g/mol. The fourth-order valence-corrected chi connectivity index (χ4v) is 2.05. The molecule has 2 rings (SSSR count). The first-order chi connectivity index (χ1) is 6.70. The highest BCUT2D eigenvalue weighted by Gasteiger charge is 2.24. The van der Waals surface area contributed by atoms with E-state index in [9.17, 15) is 4.79 Å². The highest BCUT2D eigenvalue weighted by atomic mass is 16.2. The predicted molar refractivity (Wildman–Crippen MR) is 56.2 cm³/mol. The number of hydrogen-bond acceptors (Lipinski definition) is 1. The largest absolute Gasteiger partial charge is 0.345 e. The molecule has 0 saturated carbocycles. The van der Waals surface area contributed by atoms with Crippen molar-refractivity contribution in [3.05, 3.63) is 35.4 Å². The van der Waals surface area contributed by atoms with E-state index in [1.54, 1.807) is 0 Å². The third-order valence-corrected chi connectivity index (χ3v) is 2.98. The summed E-state index contributed by atoms with van der Waals surface area (Å²) in [5.41, 5.74) is 2.51. The summed E-state index contributed by atoms with van der Waals surface area (Å²) < 4.78 is 0. The molecule has 0 aromatic heterocycles. The Labute approximate surface area is 84.5 Å². The number of carbonyl (C=O) groups is 1. The SMILES string of the molecule is CC1C(=O)N(C)CCc2ccccc21. The molecule has 14 heavy (non-hydrogen) atoms. The molecule has 1 unspecified atom stereocenters. The Bertz CT molecular complexity index is 359. The van der Waals surface area contributed by atoms with Crippen LogP contribution in [0.3, 0.4) is 0 Å². The van der Waals surface area contributed by atoms with Crippen LogP contribution in [0.15, 0.2) is 24.3 Å². The number of amides is 1. The van der Waals surface area contributed by atoms with Gasteiger partial charge in [0.15, 0.2) is 0 Å². The average Bonchev–Trinajstić information content (AvgIpc) is 2.32. The first-order valence-corrected chi connectivity index (χ1v) is 5.03. The van der Waals surface area contributed by atoms with Crippen molar-refractivity contribution in [2.75, 3.05) is 13.6 Å². The summed E-state index contributed by atoms with van der Waals surface area (Å²) in [5.74, 6) is 0.244. The third kappa shape index (κ3) is 1.41. The lowest BCUT2D eigenvalue weighted by Crippen LogP contribution is -2.29. The maximum Gasteiger partial charge on any atom is 0.229 e. The van der Waals surface area contributed by atoms with Crippen LogP contribution in [0, 0.1) is 0 Å². The Morgan fingerprint density at radius 1 is 1.36 bits per heavy atom. The Morgan fingerprint density at radius 2 is 2.07 bits per heavy atom. The molecule has 0 N–H and O–H groups in total. The minimum atomic E-state index is 0.0127. The van der Waals surface area contributed by atoms with E-state index >= 15 is 0 Å². The lowest BCUT2D eigenvalue weighted by atomic mass is 9.95. The molecule has 0 fully saturated rings. The Morgan fingerprint density at radius 3 is 2.86 bits per heavy atom. The van der Waals surface area contributed by atoms with Crippen molar-refractivity contribution in [2.24, 2.45) is 0 Å². The lowest BCUT2D eigenvalue weighted by molar-refractivity contribution is -0.130. The molecule has 0 spiro atoms. The van der Waals surface area contributed by atoms with Crippen molar-refractivity contribution in [2.45, 2.75) is 19.3 Å². The number of nitrogens with zero attached hydrogens (tertiary/aromatic N) is 1. The Kier molecular flexibility index (Phi) is 2.28. The molecule has 0 saturated heterocycles. The van der Waals surface area contributed by atoms with E-state index in [1.807, 2.05) is 31.0 Å². The molecule has 1 heterocycles. The second-order valence-electron chi connectivity index (χ2n) is 3.93. The van der Waals surface area contributed by atoms with Gasteiger partial charge in [0.25, 0.3) is 0 Å². The molecule has 0 aliphatic carbocycles.